The summed E-state index contributed by atoms with van der Waals surface area (Å²) in [6.45, 7) is 4.34. The lowest BCUT2D eigenvalue weighted by Gasteiger charge is -2.17. The fourth-order valence-corrected chi connectivity index (χ4v) is 2.55. The van der Waals surface area contributed by atoms with Gasteiger partial charge in [-0.3, -0.25) is 0 Å². The fraction of sp³-hybridized carbons (Fsp3) is 0.400. The topological polar surface area (TPSA) is 28.7 Å². The highest BCUT2D eigenvalue weighted by Gasteiger charge is 2.17. The third-order valence-electron chi connectivity index (χ3n) is 3.68. The summed E-state index contributed by atoms with van der Waals surface area (Å²) >= 11 is 0. The summed E-state index contributed by atoms with van der Waals surface area (Å²) in [5.41, 5.74) is 5.07. The van der Waals surface area contributed by atoms with E-state index in [-0.39, 0.29) is 0 Å². The quantitative estimate of drug-likeness (QED) is 0.729. The van der Waals surface area contributed by atoms with Crippen molar-refractivity contribution in [1.82, 2.24) is 9.97 Å². The van der Waals surface area contributed by atoms with E-state index in [0.717, 1.165) is 17.8 Å². The summed E-state index contributed by atoms with van der Waals surface area (Å²) in [6, 6.07) is 6.40. The highest BCUT2D eigenvalue weighted by atomic mass is 14.9. The Morgan fingerprint density at radius 1 is 1.29 bits per heavy atom. The maximum absolute atomic E-state index is 4.72. The molecule has 1 aromatic heterocycles. The molecular formula is C15H18N2. The van der Waals surface area contributed by atoms with Crippen LogP contribution in [0.1, 0.15) is 43.5 Å². The van der Waals surface area contributed by atoms with Crippen molar-refractivity contribution in [3.8, 4) is 0 Å². The van der Waals surface area contributed by atoms with Crippen molar-refractivity contribution in [1.29, 1.82) is 0 Å². The standard InChI is InChI=1S/C15H18N2/c1-10-3-6-12(7-4-10)15-16-13-8-5-11(2)9-14(13)17-15/h3,5,8-9,12H,4,6-7H2,1-2H3,(H,16,17). The van der Waals surface area contributed by atoms with Gasteiger partial charge >= 0.3 is 0 Å². The lowest BCUT2D eigenvalue weighted by atomic mass is 9.90. The minimum absolute atomic E-state index is 0.575. The summed E-state index contributed by atoms with van der Waals surface area (Å²) in [5, 5.41) is 0. The molecule has 1 unspecified atom stereocenters. The average molecular weight is 226 g/mol. The van der Waals surface area contributed by atoms with Crippen LogP contribution >= 0.6 is 0 Å². The van der Waals surface area contributed by atoms with Gasteiger partial charge in [-0.2, -0.15) is 0 Å². The summed E-state index contributed by atoms with van der Waals surface area (Å²) in [4.78, 5) is 8.20. The number of fused-ring (bicyclic) bond motifs is 1. The molecule has 1 aromatic carbocycles. The zero-order valence-electron chi connectivity index (χ0n) is 10.5. The number of benzene rings is 1. The molecule has 0 amide bonds. The number of aromatic amines is 1. The van der Waals surface area contributed by atoms with Crippen molar-refractivity contribution in [2.24, 2.45) is 0 Å². The minimum atomic E-state index is 0.575. The Labute approximate surface area is 102 Å². The average Bonchev–Trinajstić information content (AvgIpc) is 2.72. The molecule has 0 spiro atoms. The normalized spacial score (nSPS) is 20.6. The number of allylic oxidation sites excluding steroid dienone is 2. The van der Waals surface area contributed by atoms with Gasteiger partial charge in [0.1, 0.15) is 5.82 Å². The zero-order valence-corrected chi connectivity index (χ0v) is 10.5. The van der Waals surface area contributed by atoms with Crippen LogP contribution in [0.4, 0.5) is 0 Å². The molecule has 17 heavy (non-hydrogen) atoms. The maximum atomic E-state index is 4.72. The smallest absolute Gasteiger partial charge is 0.110 e. The Bertz CT molecular complexity index is 578. The Kier molecular flexibility index (Phi) is 2.50. The molecule has 0 bridgehead atoms. The van der Waals surface area contributed by atoms with Crippen molar-refractivity contribution in [2.45, 2.75) is 39.0 Å². The maximum Gasteiger partial charge on any atom is 0.110 e. The number of nitrogens with one attached hydrogen (secondary N) is 1. The van der Waals surface area contributed by atoms with E-state index in [1.54, 1.807) is 0 Å². The van der Waals surface area contributed by atoms with Gasteiger partial charge in [0.2, 0.25) is 0 Å². The van der Waals surface area contributed by atoms with Crippen LogP contribution in [-0.4, -0.2) is 9.97 Å². The van der Waals surface area contributed by atoms with Gasteiger partial charge in [-0.05, 0) is 50.8 Å². The summed E-state index contributed by atoms with van der Waals surface area (Å²) in [5.74, 6) is 1.74. The second-order valence-electron chi connectivity index (χ2n) is 5.16. The van der Waals surface area contributed by atoms with E-state index in [1.165, 1.54) is 29.5 Å². The van der Waals surface area contributed by atoms with Gasteiger partial charge in [-0.15, -0.1) is 0 Å². The van der Waals surface area contributed by atoms with Gasteiger partial charge in [0, 0.05) is 5.92 Å². The van der Waals surface area contributed by atoms with Crippen molar-refractivity contribution in [2.75, 3.05) is 0 Å². The number of aryl methyl sites for hydroxylation is 1. The first-order chi connectivity index (χ1) is 8.22. The van der Waals surface area contributed by atoms with Crippen LogP contribution in [0.3, 0.4) is 0 Å². The molecule has 1 aliphatic carbocycles. The van der Waals surface area contributed by atoms with Crippen molar-refractivity contribution in [3.05, 3.63) is 41.2 Å². The van der Waals surface area contributed by atoms with Gasteiger partial charge < -0.3 is 4.98 Å². The van der Waals surface area contributed by atoms with Crippen molar-refractivity contribution >= 4 is 11.0 Å². The van der Waals surface area contributed by atoms with Crippen LogP contribution < -0.4 is 0 Å². The Balaban J connectivity index is 1.96. The van der Waals surface area contributed by atoms with Gasteiger partial charge in [0.25, 0.3) is 0 Å². The van der Waals surface area contributed by atoms with Crippen LogP contribution in [0.25, 0.3) is 11.0 Å². The molecule has 0 saturated heterocycles. The largest absolute Gasteiger partial charge is 0.342 e. The van der Waals surface area contributed by atoms with Crippen LogP contribution in [0.15, 0.2) is 29.8 Å². The third-order valence-corrected chi connectivity index (χ3v) is 3.68. The van der Waals surface area contributed by atoms with E-state index < -0.39 is 0 Å². The highest BCUT2D eigenvalue weighted by molar-refractivity contribution is 5.75. The SMILES string of the molecule is CC1=CCC(c2nc3ccc(C)cc3[nH]2)CC1. The summed E-state index contributed by atoms with van der Waals surface area (Å²) in [6.07, 6.45) is 5.92. The molecule has 2 heteroatoms. The van der Waals surface area contributed by atoms with E-state index in [9.17, 15) is 0 Å². The second kappa shape index (κ2) is 4.02. The molecule has 3 rings (SSSR count). The lowest BCUT2D eigenvalue weighted by molar-refractivity contribution is 0.575. The third kappa shape index (κ3) is 1.99. The molecule has 0 saturated carbocycles. The van der Waals surface area contributed by atoms with E-state index in [2.05, 4.69) is 43.1 Å². The predicted molar refractivity (Wildman–Crippen MR) is 71.2 cm³/mol. The monoisotopic (exact) mass is 226 g/mol. The number of imidazole rings is 1. The first-order valence-electron chi connectivity index (χ1n) is 6.34. The minimum Gasteiger partial charge on any atom is -0.342 e. The van der Waals surface area contributed by atoms with E-state index in [4.69, 9.17) is 4.98 Å². The first kappa shape index (κ1) is 10.6. The van der Waals surface area contributed by atoms with E-state index in [1.807, 2.05) is 0 Å². The van der Waals surface area contributed by atoms with E-state index >= 15 is 0 Å². The number of rotatable bonds is 1. The molecule has 1 aliphatic rings. The predicted octanol–water partition coefficient (Wildman–Crippen LogP) is 4.09. The number of aromatic nitrogens is 2. The van der Waals surface area contributed by atoms with Gasteiger partial charge in [-0.25, -0.2) is 4.98 Å². The van der Waals surface area contributed by atoms with Crippen molar-refractivity contribution in [3.63, 3.8) is 0 Å². The van der Waals surface area contributed by atoms with Crippen molar-refractivity contribution < 1.29 is 0 Å². The van der Waals surface area contributed by atoms with Crippen LogP contribution in [0.5, 0.6) is 0 Å². The highest BCUT2D eigenvalue weighted by Crippen LogP contribution is 2.31. The summed E-state index contributed by atoms with van der Waals surface area (Å²) in [7, 11) is 0. The molecule has 1 N–H and O–H groups in total. The fourth-order valence-electron chi connectivity index (χ4n) is 2.55. The molecule has 0 aliphatic heterocycles. The number of H-pyrrole nitrogens is 1. The molecule has 2 nitrogen and oxygen atoms in total. The molecule has 0 radical (unpaired) electrons. The Hall–Kier alpha value is -1.57. The molecule has 1 atom stereocenters. The van der Waals surface area contributed by atoms with Crippen LogP contribution in [0.2, 0.25) is 0 Å². The first-order valence-corrected chi connectivity index (χ1v) is 6.34. The zero-order chi connectivity index (χ0) is 11.8. The lowest BCUT2D eigenvalue weighted by Crippen LogP contribution is -2.04. The van der Waals surface area contributed by atoms with Crippen LogP contribution in [0, 0.1) is 6.92 Å². The Morgan fingerprint density at radius 3 is 2.94 bits per heavy atom. The number of nitrogens with zero attached hydrogens (tertiary/aromatic N) is 1. The molecule has 1 heterocycles. The van der Waals surface area contributed by atoms with Gasteiger partial charge in [0.05, 0.1) is 11.0 Å². The second-order valence-corrected chi connectivity index (χ2v) is 5.16. The number of hydrogen-bond acceptors (Lipinski definition) is 1. The number of hydrogen-bond donors (Lipinski definition) is 1. The van der Waals surface area contributed by atoms with E-state index in [0.29, 0.717) is 5.92 Å². The van der Waals surface area contributed by atoms with Gasteiger partial charge in [0.15, 0.2) is 0 Å². The molecule has 88 valence electrons. The molecular weight excluding hydrogens is 208 g/mol. The Morgan fingerprint density at radius 2 is 2.18 bits per heavy atom. The molecule has 2 aromatic rings. The van der Waals surface area contributed by atoms with Gasteiger partial charge in [-0.1, -0.05) is 17.7 Å². The summed E-state index contributed by atoms with van der Waals surface area (Å²) < 4.78 is 0. The van der Waals surface area contributed by atoms with Crippen LogP contribution in [-0.2, 0) is 0 Å². The molecule has 0 fully saturated rings.